The SMILES string of the molecule is Cc1nn(-c2ccc(=O)[nH]n2)c2c1[C@@H](c1ccc(Oc3ncccc3C#N)cc1)CC(=O)N2. The number of H-pyrrole nitrogens is 1. The highest BCUT2D eigenvalue weighted by Crippen LogP contribution is 2.40. The number of carbonyl (C=O) groups is 1. The van der Waals surface area contributed by atoms with Crippen molar-refractivity contribution in [3.8, 4) is 23.5 Å². The third kappa shape index (κ3) is 3.72. The minimum absolute atomic E-state index is 0.148. The summed E-state index contributed by atoms with van der Waals surface area (Å²) in [7, 11) is 0. The number of carbonyl (C=O) groups excluding carboxylic acids is 1. The van der Waals surface area contributed by atoms with Gasteiger partial charge in [0.25, 0.3) is 5.56 Å². The van der Waals surface area contributed by atoms with Gasteiger partial charge in [0, 0.05) is 30.2 Å². The molecule has 0 radical (unpaired) electrons. The summed E-state index contributed by atoms with van der Waals surface area (Å²) in [6, 6.07) is 15.6. The Morgan fingerprint density at radius 3 is 2.70 bits per heavy atom. The number of hydrogen-bond acceptors (Lipinski definition) is 7. The first-order valence-electron chi connectivity index (χ1n) is 10.1. The second-order valence-corrected chi connectivity index (χ2v) is 7.48. The number of pyridine rings is 1. The van der Waals surface area contributed by atoms with Gasteiger partial charge in [0.15, 0.2) is 5.82 Å². The van der Waals surface area contributed by atoms with Crippen LogP contribution in [0.15, 0.2) is 59.5 Å². The number of aryl methyl sites for hydroxylation is 1. The minimum atomic E-state index is -0.326. The van der Waals surface area contributed by atoms with Crippen molar-refractivity contribution in [3.05, 3.63) is 87.5 Å². The fourth-order valence-corrected chi connectivity index (χ4v) is 3.89. The van der Waals surface area contributed by atoms with Gasteiger partial charge in [0.05, 0.1) is 5.69 Å². The van der Waals surface area contributed by atoms with Crippen molar-refractivity contribution in [1.29, 1.82) is 5.26 Å². The molecule has 4 aromatic rings. The van der Waals surface area contributed by atoms with Gasteiger partial charge in [0.1, 0.15) is 23.2 Å². The Labute approximate surface area is 187 Å². The van der Waals surface area contributed by atoms with Gasteiger partial charge in [-0.25, -0.2) is 10.1 Å². The Kier molecular flexibility index (Phi) is 4.91. The van der Waals surface area contributed by atoms with E-state index in [1.807, 2.05) is 19.1 Å². The summed E-state index contributed by atoms with van der Waals surface area (Å²) >= 11 is 0. The fourth-order valence-electron chi connectivity index (χ4n) is 3.89. The van der Waals surface area contributed by atoms with Crippen LogP contribution in [-0.2, 0) is 4.79 Å². The monoisotopic (exact) mass is 439 g/mol. The largest absolute Gasteiger partial charge is 0.438 e. The number of rotatable bonds is 4. The van der Waals surface area contributed by atoms with E-state index in [9.17, 15) is 14.9 Å². The highest BCUT2D eigenvalue weighted by atomic mass is 16.5. The second kappa shape index (κ2) is 8.05. The quantitative estimate of drug-likeness (QED) is 0.498. The third-order valence-electron chi connectivity index (χ3n) is 5.37. The van der Waals surface area contributed by atoms with Crippen molar-refractivity contribution < 1.29 is 9.53 Å². The normalized spacial score (nSPS) is 14.8. The van der Waals surface area contributed by atoms with E-state index in [0.717, 1.165) is 16.8 Å². The summed E-state index contributed by atoms with van der Waals surface area (Å²) < 4.78 is 7.28. The van der Waals surface area contributed by atoms with Crippen molar-refractivity contribution in [2.24, 2.45) is 0 Å². The summed E-state index contributed by atoms with van der Waals surface area (Å²) in [5.74, 6) is 1.32. The van der Waals surface area contributed by atoms with Gasteiger partial charge in [-0.3, -0.25) is 9.59 Å². The van der Waals surface area contributed by atoms with Crippen molar-refractivity contribution in [2.75, 3.05) is 5.32 Å². The Morgan fingerprint density at radius 1 is 1.15 bits per heavy atom. The number of hydrogen-bond donors (Lipinski definition) is 2. The van der Waals surface area contributed by atoms with E-state index in [-0.39, 0.29) is 29.7 Å². The lowest BCUT2D eigenvalue weighted by atomic mass is 9.86. The molecule has 3 aromatic heterocycles. The van der Waals surface area contributed by atoms with Gasteiger partial charge in [-0.2, -0.15) is 20.1 Å². The highest BCUT2D eigenvalue weighted by molar-refractivity contribution is 5.95. The van der Waals surface area contributed by atoms with Gasteiger partial charge in [-0.1, -0.05) is 12.1 Å². The lowest BCUT2D eigenvalue weighted by Gasteiger charge is -2.24. The Morgan fingerprint density at radius 2 is 1.97 bits per heavy atom. The molecule has 5 rings (SSSR count). The van der Waals surface area contributed by atoms with Crippen LogP contribution in [0.2, 0.25) is 0 Å². The summed E-state index contributed by atoms with van der Waals surface area (Å²) in [4.78, 5) is 28.0. The van der Waals surface area contributed by atoms with Crippen LogP contribution in [0.3, 0.4) is 0 Å². The molecule has 1 amide bonds. The van der Waals surface area contributed by atoms with E-state index >= 15 is 0 Å². The van der Waals surface area contributed by atoms with E-state index in [2.05, 4.69) is 31.7 Å². The van der Waals surface area contributed by atoms with Crippen LogP contribution in [0.25, 0.3) is 5.82 Å². The molecule has 0 bridgehead atoms. The number of ether oxygens (including phenoxy) is 1. The predicted molar refractivity (Wildman–Crippen MR) is 117 cm³/mol. The summed E-state index contributed by atoms with van der Waals surface area (Å²) in [6.45, 7) is 1.87. The predicted octanol–water partition coefficient (Wildman–Crippen LogP) is 2.80. The van der Waals surface area contributed by atoms with Gasteiger partial charge in [0.2, 0.25) is 11.8 Å². The fraction of sp³-hybridized carbons (Fsp3) is 0.130. The van der Waals surface area contributed by atoms with Crippen molar-refractivity contribution in [1.82, 2.24) is 25.0 Å². The van der Waals surface area contributed by atoms with Crippen LogP contribution in [0.5, 0.6) is 11.6 Å². The smallest absolute Gasteiger partial charge is 0.264 e. The van der Waals surface area contributed by atoms with Crippen molar-refractivity contribution in [3.63, 3.8) is 0 Å². The molecule has 1 atom stereocenters. The number of aromatic nitrogens is 5. The molecule has 33 heavy (non-hydrogen) atoms. The number of aromatic amines is 1. The first-order valence-corrected chi connectivity index (χ1v) is 10.1. The zero-order valence-corrected chi connectivity index (χ0v) is 17.4. The molecule has 162 valence electrons. The average molecular weight is 439 g/mol. The minimum Gasteiger partial charge on any atom is -0.438 e. The number of fused-ring (bicyclic) bond motifs is 1. The lowest BCUT2D eigenvalue weighted by Crippen LogP contribution is -2.25. The zero-order valence-electron chi connectivity index (χ0n) is 17.4. The number of nitrogens with one attached hydrogen (secondary N) is 2. The van der Waals surface area contributed by atoms with Crippen molar-refractivity contribution >= 4 is 11.7 Å². The molecule has 10 nitrogen and oxygen atoms in total. The first-order chi connectivity index (χ1) is 16.0. The molecule has 0 spiro atoms. The van der Waals surface area contributed by atoms with E-state index in [1.54, 1.807) is 36.5 Å². The van der Waals surface area contributed by atoms with Crippen LogP contribution >= 0.6 is 0 Å². The van der Waals surface area contributed by atoms with E-state index in [0.29, 0.717) is 22.9 Å². The zero-order chi connectivity index (χ0) is 22.9. The Bertz CT molecular complexity index is 1440. The molecule has 0 unspecified atom stereocenters. The molecule has 1 aliphatic heterocycles. The van der Waals surface area contributed by atoms with Crippen LogP contribution in [-0.4, -0.2) is 30.9 Å². The van der Waals surface area contributed by atoms with Gasteiger partial charge in [-0.15, -0.1) is 0 Å². The maximum absolute atomic E-state index is 12.5. The maximum atomic E-state index is 12.5. The molecule has 0 saturated carbocycles. The number of benzene rings is 1. The molecular weight excluding hydrogens is 422 g/mol. The Hall–Kier alpha value is -4.78. The number of nitriles is 1. The molecule has 0 fully saturated rings. The average Bonchev–Trinajstić information content (AvgIpc) is 3.16. The van der Waals surface area contributed by atoms with Gasteiger partial charge >= 0.3 is 0 Å². The molecule has 1 aromatic carbocycles. The molecular formula is C23H17N7O3. The third-order valence-corrected chi connectivity index (χ3v) is 5.37. The summed E-state index contributed by atoms with van der Waals surface area (Å²) in [5, 5.41) is 23.1. The van der Waals surface area contributed by atoms with Crippen molar-refractivity contribution in [2.45, 2.75) is 19.3 Å². The molecule has 1 aliphatic rings. The van der Waals surface area contributed by atoms with E-state index in [4.69, 9.17) is 4.74 Å². The van der Waals surface area contributed by atoms with Gasteiger partial charge < -0.3 is 10.1 Å². The van der Waals surface area contributed by atoms with E-state index < -0.39 is 0 Å². The standard InChI is InChI=1S/C23H17N7O3/c1-13-21-17(11-20(32)26-22(21)30(29-13)18-8-9-19(31)28-27-18)14-4-6-16(7-5-14)33-23-15(12-24)3-2-10-25-23/h2-10,17H,11H2,1H3,(H,26,32)(H,28,31)/t17-/m1/s1. The summed E-state index contributed by atoms with van der Waals surface area (Å²) in [5.41, 5.74) is 2.56. The molecule has 0 aliphatic carbocycles. The second-order valence-electron chi connectivity index (χ2n) is 7.48. The number of amides is 1. The maximum Gasteiger partial charge on any atom is 0.264 e. The van der Waals surface area contributed by atoms with Gasteiger partial charge in [-0.05, 0) is 42.8 Å². The number of anilines is 1. The lowest BCUT2D eigenvalue weighted by molar-refractivity contribution is -0.116. The Balaban J connectivity index is 1.49. The highest BCUT2D eigenvalue weighted by Gasteiger charge is 2.33. The topological polar surface area (TPSA) is 139 Å². The number of nitrogens with zero attached hydrogens (tertiary/aromatic N) is 5. The summed E-state index contributed by atoms with van der Waals surface area (Å²) in [6.07, 6.45) is 1.82. The van der Waals surface area contributed by atoms with Crippen LogP contribution < -0.4 is 15.6 Å². The van der Waals surface area contributed by atoms with Crippen LogP contribution in [0.4, 0.5) is 5.82 Å². The molecule has 0 saturated heterocycles. The van der Waals surface area contributed by atoms with Crippen LogP contribution in [0, 0.1) is 18.3 Å². The van der Waals surface area contributed by atoms with Crippen LogP contribution in [0.1, 0.15) is 34.7 Å². The molecule has 4 heterocycles. The van der Waals surface area contributed by atoms with E-state index in [1.165, 1.54) is 10.7 Å². The molecule has 10 heteroatoms. The first kappa shape index (κ1) is 20.1. The molecule has 2 N–H and O–H groups in total.